The Morgan fingerprint density at radius 2 is 2.08 bits per heavy atom. The summed E-state index contributed by atoms with van der Waals surface area (Å²) in [6.45, 7) is 3.39. The van der Waals surface area contributed by atoms with Gasteiger partial charge in [-0.1, -0.05) is 6.92 Å². The van der Waals surface area contributed by atoms with Crippen molar-refractivity contribution in [3.8, 4) is 0 Å². The first-order valence-corrected chi connectivity index (χ1v) is 5.63. The average Bonchev–Trinajstić information content (AvgIpc) is 2.39. The van der Waals surface area contributed by atoms with Crippen molar-refractivity contribution < 1.29 is 4.74 Å². The van der Waals surface area contributed by atoms with Crippen LogP contribution in [0.25, 0.3) is 0 Å². The lowest BCUT2D eigenvalue weighted by atomic mass is 10.1. The zero-order valence-corrected chi connectivity index (χ0v) is 9.01. The third-order valence-corrected chi connectivity index (χ3v) is 2.93. The van der Waals surface area contributed by atoms with Gasteiger partial charge in [-0.25, -0.2) is 0 Å². The van der Waals surface area contributed by atoms with Gasteiger partial charge in [0.25, 0.3) is 0 Å². The maximum absolute atomic E-state index is 5.40. The molecule has 1 rings (SSSR count). The van der Waals surface area contributed by atoms with E-state index in [-0.39, 0.29) is 0 Å². The van der Waals surface area contributed by atoms with E-state index in [1.807, 2.05) is 7.11 Å². The van der Waals surface area contributed by atoms with Crippen LogP contribution in [0.1, 0.15) is 45.4 Å². The molecule has 0 aromatic carbocycles. The fraction of sp³-hybridized carbons (Fsp3) is 1.00. The Morgan fingerprint density at radius 3 is 2.77 bits per heavy atom. The molecule has 2 atom stereocenters. The maximum atomic E-state index is 5.40. The van der Waals surface area contributed by atoms with Crippen molar-refractivity contribution in [2.24, 2.45) is 0 Å². The Labute approximate surface area is 82.0 Å². The summed E-state index contributed by atoms with van der Waals surface area (Å²) in [6, 6.07) is 0.750. The van der Waals surface area contributed by atoms with Crippen molar-refractivity contribution in [1.82, 2.24) is 5.32 Å². The van der Waals surface area contributed by atoms with Gasteiger partial charge in [-0.05, 0) is 45.1 Å². The van der Waals surface area contributed by atoms with Crippen LogP contribution in [-0.2, 0) is 4.74 Å². The first kappa shape index (κ1) is 11.0. The fourth-order valence-electron chi connectivity index (χ4n) is 2.06. The van der Waals surface area contributed by atoms with Crippen LogP contribution in [0.4, 0.5) is 0 Å². The first-order chi connectivity index (χ1) is 6.36. The van der Waals surface area contributed by atoms with E-state index in [1.165, 1.54) is 45.1 Å². The largest absolute Gasteiger partial charge is 0.381 e. The van der Waals surface area contributed by atoms with Crippen molar-refractivity contribution in [1.29, 1.82) is 0 Å². The summed E-state index contributed by atoms with van der Waals surface area (Å²) in [4.78, 5) is 0. The lowest BCUT2D eigenvalue weighted by molar-refractivity contribution is 0.0894. The molecule has 0 unspecified atom stereocenters. The lowest BCUT2D eigenvalue weighted by Gasteiger charge is -2.15. The highest BCUT2D eigenvalue weighted by Gasteiger charge is 2.17. The van der Waals surface area contributed by atoms with E-state index in [4.69, 9.17) is 4.74 Å². The standard InChI is InChI=1S/C11H23NO/c1-3-9-12-10-5-4-6-11(13-2)8-7-10/h10-12H,3-9H2,1-2H3/t10-,11-/m1/s1. The molecule has 1 fully saturated rings. The van der Waals surface area contributed by atoms with Gasteiger partial charge in [0.2, 0.25) is 0 Å². The van der Waals surface area contributed by atoms with E-state index in [2.05, 4.69) is 12.2 Å². The van der Waals surface area contributed by atoms with Gasteiger partial charge in [0.1, 0.15) is 0 Å². The second kappa shape index (κ2) is 6.39. The van der Waals surface area contributed by atoms with Crippen LogP contribution in [0.3, 0.4) is 0 Å². The normalized spacial score (nSPS) is 30.0. The molecule has 0 amide bonds. The summed E-state index contributed by atoms with van der Waals surface area (Å²) >= 11 is 0. The van der Waals surface area contributed by atoms with Crippen molar-refractivity contribution in [3.63, 3.8) is 0 Å². The molecule has 2 heteroatoms. The second-order valence-electron chi connectivity index (χ2n) is 4.02. The van der Waals surface area contributed by atoms with Crippen LogP contribution in [0.2, 0.25) is 0 Å². The number of rotatable bonds is 4. The zero-order chi connectivity index (χ0) is 9.52. The molecular weight excluding hydrogens is 162 g/mol. The predicted molar refractivity (Wildman–Crippen MR) is 56.0 cm³/mol. The molecule has 0 bridgehead atoms. The Hall–Kier alpha value is -0.0800. The molecule has 13 heavy (non-hydrogen) atoms. The molecule has 0 radical (unpaired) electrons. The SMILES string of the molecule is CCCN[C@@H]1CCC[C@@H](OC)CC1. The second-order valence-corrected chi connectivity index (χ2v) is 4.02. The summed E-state index contributed by atoms with van der Waals surface area (Å²) in [5.74, 6) is 0. The highest BCUT2D eigenvalue weighted by molar-refractivity contribution is 4.74. The molecule has 0 aliphatic heterocycles. The minimum Gasteiger partial charge on any atom is -0.381 e. The van der Waals surface area contributed by atoms with Crippen molar-refractivity contribution in [2.75, 3.05) is 13.7 Å². The Balaban J connectivity index is 2.19. The molecule has 0 aromatic rings. The van der Waals surface area contributed by atoms with Crippen LogP contribution in [0.15, 0.2) is 0 Å². The molecule has 0 heterocycles. The third kappa shape index (κ3) is 4.10. The molecule has 1 saturated carbocycles. The minimum absolute atomic E-state index is 0.522. The maximum Gasteiger partial charge on any atom is 0.0572 e. The monoisotopic (exact) mass is 185 g/mol. The molecule has 78 valence electrons. The van der Waals surface area contributed by atoms with Crippen LogP contribution >= 0.6 is 0 Å². The summed E-state index contributed by atoms with van der Waals surface area (Å²) in [6.07, 6.45) is 8.19. The van der Waals surface area contributed by atoms with Gasteiger partial charge in [0.15, 0.2) is 0 Å². The highest BCUT2D eigenvalue weighted by Crippen LogP contribution is 2.19. The van der Waals surface area contributed by atoms with E-state index in [1.54, 1.807) is 0 Å². The van der Waals surface area contributed by atoms with Gasteiger partial charge >= 0.3 is 0 Å². The topological polar surface area (TPSA) is 21.3 Å². The van der Waals surface area contributed by atoms with Gasteiger partial charge in [-0.15, -0.1) is 0 Å². The van der Waals surface area contributed by atoms with E-state index in [0.717, 1.165) is 6.04 Å². The Kier molecular flexibility index (Phi) is 5.40. The Bertz CT molecular complexity index is 127. The van der Waals surface area contributed by atoms with E-state index >= 15 is 0 Å². The quantitative estimate of drug-likeness (QED) is 0.679. The van der Waals surface area contributed by atoms with E-state index in [9.17, 15) is 0 Å². The number of hydrogen-bond acceptors (Lipinski definition) is 2. The van der Waals surface area contributed by atoms with Crippen molar-refractivity contribution >= 4 is 0 Å². The van der Waals surface area contributed by atoms with Gasteiger partial charge < -0.3 is 10.1 Å². The van der Waals surface area contributed by atoms with Crippen LogP contribution in [0.5, 0.6) is 0 Å². The summed E-state index contributed by atoms with van der Waals surface area (Å²) in [7, 11) is 1.84. The summed E-state index contributed by atoms with van der Waals surface area (Å²) in [5.41, 5.74) is 0. The molecule has 0 spiro atoms. The van der Waals surface area contributed by atoms with E-state index in [0.29, 0.717) is 6.10 Å². The van der Waals surface area contributed by atoms with Crippen LogP contribution in [0, 0.1) is 0 Å². The number of methoxy groups -OCH3 is 1. The van der Waals surface area contributed by atoms with Crippen molar-refractivity contribution in [3.05, 3.63) is 0 Å². The summed E-state index contributed by atoms with van der Waals surface area (Å²) < 4.78 is 5.40. The molecule has 1 aliphatic carbocycles. The lowest BCUT2D eigenvalue weighted by Crippen LogP contribution is -2.29. The van der Waals surface area contributed by atoms with Crippen LogP contribution in [-0.4, -0.2) is 25.8 Å². The van der Waals surface area contributed by atoms with Gasteiger partial charge in [-0.3, -0.25) is 0 Å². The van der Waals surface area contributed by atoms with Crippen molar-refractivity contribution in [2.45, 2.75) is 57.6 Å². The molecule has 1 aliphatic rings. The van der Waals surface area contributed by atoms with E-state index < -0.39 is 0 Å². The zero-order valence-electron chi connectivity index (χ0n) is 9.01. The Morgan fingerprint density at radius 1 is 1.23 bits per heavy atom. The fourth-order valence-corrected chi connectivity index (χ4v) is 2.06. The molecule has 0 saturated heterocycles. The number of ether oxygens (including phenoxy) is 1. The molecular formula is C11H23NO. The van der Waals surface area contributed by atoms with Gasteiger partial charge in [0, 0.05) is 13.2 Å². The number of hydrogen-bond donors (Lipinski definition) is 1. The average molecular weight is 185 g/mol. The highest BCUT2D eigenvalue weighted by atomic mass is 16.5. The first-order valence-electron chi connectivity index (χ1n) is 5.63. The van der Waals surface area contributed by atoms with Crippen LogP contribution < -0.4 is 5.32 Å². The van der Waals surface area contributed by atoms with Gasteiger partial charge in [0.05, 0.1) is 6.10 Å². The number of nitrogens with one attached hydrogen (secondary N) is 1. The smallest absolute Gasteiger partial charge is 0.0572 e. The minimum atomic E-state index is 0.522. The predicted octanol–water partition coefficient (Wildman–Crippen LogP) is 2.33. The molecule has 1 N–H and O–H groups in total. The molecule has 0 aromatic heterocycles. The third-order valence-electron chi connectivity index (χ3n) is 2.93. The molecule has 2 nitrogen and oxygen atoms in total. The summed E-state index contributed by atoms with van der Waals surface area (Å²) in [5, 5.41) is 3.60. The van der Waals surface area contributed by atoms with Gasteiger partial charge in [-0.2, -0.15) is 0 Å².